The van der Waals surface area contributed by atoms with Gasteiger partial charge in [-0.2, -0.15) is 0 Å². The van der Waals surface area contributed by atoms with E-state index in [1.165, 1.54) is 11.1 Å². The van der Waals surface area contributed by atoms with Crippen LogP contribution in [-0.4, -0.2) is 50.7 Å². The molecule has 3 aromatic rings. The molecule has 0 aliphatic carbocycles. The summed E-state index contributed by atoms with van der Waals surface area (Å²) in [5.74, 6) is 0.505. The molecule has 2 unspecified atom stereocenters. The van der Waals surface area contributed by atoms with Gasteiger partial charge in [0, 0.05) is 19.4 Å². The number of aromatic nitrogens is 3. The minimum atomic E-state index is -1.22. The molecule has 0 spiro atoms. The zero-order valence-corrected chi connectivity index (χ0v) is 14.4. The molecule has 0 N–H and O–H groups in total. The number of ether oxygens (including phenoxy) is 1. The summed E-state index contributed by atoms with van der Waals surface area (Å²) in [6.07, 6.45) is 1.21. The van der Waals surface area contributed by atoms with E-state index in [4.69, 9.17) is 4.74 Å². The first-order valence-electron chi connectivity index (χ1n) is 8.49. The van der Waals surface area contributed by atoms with Gasteiger partial charge in [0.25, 0.3) is 5.91 Å². The van der Waals surface area contributed by atoms with Gasteiger partial charge in [-0.15, -0.1) is 0 Å². The summed E-state index contributed by atoms with van der Waals surface area (Å²) in [6.45, 7) is 0.449. The summed E-state index contributed by atoms with van der Waals surface area (Å²) < 4.78 is 22.1. The number of imidazole rings is 1. The molecule has 1 fully saturated rings. The van der Waals surface area contributed by atoms with Gasteiger partial charge in [0.2, 0.25) is 0 Å². The summed E-state index contributed by atoms with van der Waals surface area (Å²) in [4.78, 5) is 22.4. The van der Waals surface area contributed by atoms with E-state index >= 15 is 0 Å². The number of rotatable bonds is 4. The number of aryl methyl sites for hydroxylation is 1. The van der Waals surface area contributed by atoms with Crippen LogP contribution < -0.4 is 0 Å². The van der Waals surface area contributed by atoms with E-state index < -0.39 is 12.3 Å². The van der Waals surface area contributed by atoms with E-state index in [9.17, 15) is 9.18 Å². The number of amides is 1. The molecule has 134 valence electrons. The van der Waals surface area contributed by atoms with Gasteiger partial charge in [-0.05, 0) is 24.3 Å². The normalized spacial score (nSPS) is 20.0. The van der Waals surface area contributed by atoms with E-state index in [1.807, 2.05) is 35.9 Å². The molecule has 26 heavy (non-hydrogen) atoms. The third-order valence-corrected chi connectivity index (χ3v) is 4.70. The van der Waals surface area contributed by atoms with E-state index in [0.717, 1.165) is 16.9 Å². The fourth-order valence-corrected chi connectivity index (χ4v) is 3.24. The van der Waals surface area contributed by atoms with E-state index in [0.29, 0.717) is 5.56 Å². The SMILES string of the molecule is Cn1c(COC2CN(C(=O)c3cccnc3)CC2F)nc2ccccc21. The average Bonchev–Trinajstić information content (AvgIpc) is 3.20. The Morgan fingerprint density at radius 2 is 2.12 bits per heavy atom. The van der Waals surface area contributed by atoms with Crippen LogP contribution in [0.15, 0.2) is 48.8 Å². The lowest BCUT2D eigenvalue weighted by molar-refractivity contribution is 0.00774. The number of benzene rings is 1. The largest absolute Gasteiger partial charge is 0.365 e. The predicted octanol–water partition coefficient (Wildman–Crippen LogP) is 2.35. The van der Waals surface area contributed by atoms with Crippen molar-refractivity contribution in [2.45, 2.75) is 18.9 Å². The summed E-state index contributed by atoms with van der Waals surface area (Å²) in [7, 11) is 1.91. The number of fused-ring (bicyclic) bond motifs is 1. The summed E-state index contributed by atoms with van der Waals surface area (Å²) >= 11 is 0. The van der Waals surface area contributed by atoms with E-state index in [2.05, 4.69) is 9.97 Å². The molecule has 1 aliphatic heterocycles. The molecule has 1 aliphatic rings. The first-order valence-corrected chi connectivity index (χ1v) is 8.49. The zero-order valence-electron chi connectivity index (χ0n) is 14.4. The Hall–Kier alpha value is -2.80. The smallest absolute Gasteiger partial charge is 0.255 e. The molecule has 3 heterocycles. The molecule has 0 radical (unpaired) electrons. The van der Waals surface area contributed by atoms with Crippen molar-refractivity contribution >= 4 is 16.9 Å². The van der Waals surface area contributed by atoms with Crippen molar-refractivity contribution in [3.63, 3.8) is 0 Å². The van der Waals surface area contributed by atoms with Gasteiger partial charge >= 0.3 is 0 Å². The molecular weight excluding hydrogens is 335 g/mol. The second kappa shape index (κ2) is 6.84. The van der Waals surface area contributed by atoms with Crippen molar-refractivity contribution in [1.29, 1.82) is 0 Å². The van der Waals surface area contributed by atoms with Crippen LogP contribution in [-0.2, 0) is 18.4 Å². The van der Waals surface area contributed by atoms with Gasteiger partial charge in [-0.25, -0.2) is 9.37 Å². The maximum absolute atomic E-state index is 14.4. The van der Waals surface area contributed by atoms with Crippen LogP contribution >= 0.6 is 0 Å². The van der Waals surface area contributed by atoms with Crippen LogP contribution in [0.5, 0.6) is 0 Å². The highest BCUT2D eigenvalue weighted by Crippen LogP contribution is 2.21. The van der Waals surface area contributed by atoms with Gasteiger partial charge in [0.15, 0.2) is 0 Å². The van der Waals surface area contributed by atoms with Crippen molar-refractivity contribution in [3.8, 4) is 0 Å². The van der Waals surface area contributed by atoms with Crippen molar-refractivity contribution in [2.75, 3.05) is 13.1 Å². The number of pyridine rings is 1. The number of carbonyl (C=O) groups is 1. The molecule has 1 aromatic carbocycles. The lowest BCUT2D eigenvalue weighted by Crippen LogP contribution is -2.30. The molecule has 0 saturated carbocycles. The fourth-order valence-electron chi connectivity index (χ4n) is 3.24. The summed E-state index contributed by atoms with van der Waals surface area (Å²) in [5, 5.41) is 0. The Balaban J connectivity index is 1.42. The first-order chi connectivity index (χ1) is 12.6. The predicted molar refractivity (Wildman–Crippen MR) is 94.3 cm³/mol. The molecule has 2 atom stereocenters. The Morgan fingerprint density at radius 3 is 2.88 bits per heavy atom. The Kier molecular flexibility index (Phi) is 4.38. The lowest BCUT2D eigenvalue weighted by Gasteiger charge is -2.16. The molecule has 2 aromatic heterocycles. The van der Waals surface area contributed by atoms with Crippen LogP contribution in [0.3, 0.4) is 0 Å². The topological polar surface area (TPSA) is 60.2 Å². The second-order valence-electron chi connectivity index (χ2n) is 6.39. The van der Waals surface area contributed by atoms with Crippen LogP contribution in [0.4, 0.5) is 4.39 Å². The maximum Gasteiger partial charge on any atom is 0.255 e. The molecular formula is C19H19FN4O2. The number of para-hydroxylation sites is 2. The number of alkyl halides is 1. The van der Waals surface area contributed by atoms with Gasteiger partial charge in [0.05, 0.1) is 29.7 Å². The Labute approximate surface area is 150 Å². The van der Waals surface area contributed by atoms with Crippen molar-refractivity contribution < 1.29 is 13.9 Å². The van der Waals surface area contributed by atoms with E-state index in [1.54, 1.807) is 18.3 Å². The zero-order chi connectivity index (χ0) is 18.1. The number of halogens is 1. The average molecular weight is 354 g/mol. The van der Waals surface area contributed by atoms with Crippen molar-refractivity contribution in [3.05, 3.63) is 60.2 Å². The second-order valence-corrected chi connectivity index (χ2v) is 6.39. The summed E-state index contributed by atoms with van der Waals surface area (Å²) in [6, 6.07) is 11.2. The summed E-state index contributed by atoms with van der Waals surface area (Å²) in [5.41, 5.74) is 2.34. The van der Waals surface area contributed by atoms with Crippen LogP contribution in [0.25, 0.3) is 11.0 Å². The van der Waals surface area contributed by atoms with Crippen LogP contribution in [0.1, 0.15) is 16.2 Å². The van der Waals surface area contributed by atoms with Crippen molar-refractivity contribution in [2.24, 2.45) is 7.05 Å². The fraction of sp³-hybridized carbons (Fsp3) is 0.316. The maximum atomic E-state index is 14.4. The Morgan fingerprint density at radius 1 is 1.27 bits per heavy atom. The third kappa shape index (κ3) is 3.06. The third-order valence-electron chi connectivity index (χ3n) is 4.70. The standard InChI is InChI=1S/C19H19FN4O2/c1-23-16-7-3-2-6-15(16)22-18(23)12-26-17-11-24(10-14(17)20)19(25)13-5-4-8-21-9-13/h2-9,14,17H,10-12H2,1H3. The minimum Gasteiger partial charge on any atom is -0.365 e. The lowest BCUT2D eigenvalue weighted by atomic mass is 10.2. The van der Waals surface area contributed by atoms with Crippen LogP contribution in [0.2, 0.25) is 0 Å². The van der Waals surface area contributed by atoms with Crippen molar-refractivity contribution in [1.82, 2.24) is 19.4 Å². The number of carbonyl (C=O) groups excluding carboxylic acids is 1. The number of hydrogen-bond acceptors (Lipinski definition) is 4. The van der Waals surface area contributed by atoms with Crippen LogP contribution in [0, 0.1) is 0 Å². The highest BCUT2D eigenvalue weighted by atomic mass is 19.1. The van der Waals surface area contributed by atoms with Gasteiger partial charge < -0.3 is 14.2 Å². The highest BCUT2D eigenvalue weighted by Gasteiger charge is 2.36. The molecule has 0 bridgehead atoms. The molecule has 1 amide bonds. The minimum absolute atomic E-state index is 0.0287. The van der Waals surface area contributed by atoms with E-state index in [-0.39, 0.29) is 25.6 Å². The highest BCUT2D eigenvalue weighted by molar-refractivity contribution is 5.94. The number of nitrogens with zero attached hydrogens (tertiary/aromatic N) is 4. The molecule has 6 nitrogen and oxygen atoms in total. The Bertz CT molecular complexity index is 928. The first kappa shape index (κ1) is 16.7. The molecule has 1 saturated heterocycles. The van der Waals surface area contributed by atoms with Gasteiger partial charge in [-0.1, -0.05) is 12.1 Å². The van der Waals surface area contributed by atoms with Gasteiger partial charge in [0.1, 0.15) is 24.7 Å². The van der Waals surface area contributed by atoms with Gasteiger partial charge in [-0.3, -0.25) is 9.78 Å². The molecule has 7 heteroatoms. The monoisotopic (exact) mass is 354 g/mol. The number of hydrogen-bond donors (Lipinski definition) is 0. The number of likely N-dealkylation sites (tertiary alicyclic amines) is 1. The quantitative estimate of drug-likeness (QED) is 0.722. The molecule has 4 rings (SSSR count).